The molecule has 3 nitrogen and oxygen atoms in total. The largest absolute Gasteiger partial charge is 0.359 e. The Hall–Kier alpha value is -1.03. The van der Waals surface area contributed by atoms with E-state index in [1.807, 2.05) is 19.1 Å². The summed E-state index contributed by atoms with van der Waals surface area (Å²) in [6.07, 6.45) is 0.790. The molecule has 0 saturated heterocycles. The normalized spacial score (nSPS) is 12.7. The topological polar surface area (TPSA) is 52.0 Å². The molecule has 17 heavy (non-hydrogen) atoms. The van der Waals surface area contributed by atoms with Crippen LogP contribution in [0.15, 0.2) is 28.8 Å². The molecule has 1 heterocycles. The van der Waals surface area contributed by atoms with E-state index in [-0.39, 0.29) is 6.04 Å². The van der Waals surface area contributed by atoms with Crippen LogP contribution >= 0.6 is 23.2 Å². The molecule has 2 rings (SSSR count). The predicted octanol–water partition coefficient (Wildman–Crippen LogP) is 4.06. The SMILES string of the molecule is CCC(N)c1cc(-c2cccc(Cl)c2Cl)no1. The van der Waals surface area contributed by atoms with Crippen LogP contribution in [0.4, 0.5) is 0 Å². The van der Waals surface area contributed by atoms with E-state index in [1.165, 1.54) is 0 Å². The second-order valence-corrected chi connectivity index (χ2v) is 4.52. The van der Waals surface area contributed by atoms with Crippen LogP contribution in [0.3, 0.4) is 0 Å². The summed E-state index contributed by atoms with van der Waals surface area (Å²) in [7, 11) is 0. The summed E-state index contributed by atoms with van der Waals surface area (Å²) in [4.78, 5) is 0. The van der Waals surface area contributed by atoms with Crippen LogP contribution in [0, 0.1) is 0 Å². The maximum absolute atomic E-state index is 6.11. The number of nitrogens with two attached hydrogens (primary N) is 1. The fourth-order valence-electron chi connectivity index (χ4n) is 1.49. The molecule has 1 aromatic carbocycles. The zero-order valence-corrected chi connectivity index (χ0v) is 10.8. The maximum Gasteiger partial charge on any atom is 0.154 e. The lowest BCUT2D eigenvalue weighted by Crippen LogP contribution is -2.06. The van der Waals surface area contributed by atoms with Gasteiger partial charge in [0.05, 0.1) is 16.1 Å². The highest BCUT2D eigenvalue weighted by Gasteiger charge is 2.14. The molecule has 2 aromatic rings. The van der Waals surface area contributed by atoms with E-state index < -0.39 is 0 Å². The lowest BCUT2D eigenvalue weighted by atomic mass is 10.1. The summed E-state index contributed by atoms with van der Waals surface area (Å²) >= 11 is 12.1. The maximum atomic E-state index is 6.11. The lowest BCUT2D eigenvalue weighted by molar-refractivity contribution is 0.360. The number of halogens is 2. The van der Waals surface area contributed by atoms with Gasteiger partial charge in [-0.1, -0.05) is 47.4 Å². The molecule has 5 heteroatoms. The van der Waals surface area contributed by atoms with Crippen LogP contribution in [0.1, 0.15) is 25.1 Å². The van der Waals surface area contributed by atoms with Crippen LogP contribution in [-0.2, 0) is 0 Å². The van der Waals surface area contributed by atoms with Gasteiger partial charge in [0.15, 0.2) is 5.76 Å². The van der Waals surface area contributed by atoms with Gasteiger partial charge in [0.2, 0.25) is 0 Å². The zero-order valence-electron chi connectivity index (χ0n) is 9.28. The van der Waals surface area contributed by atoms with Crippen molar-refractivity contribution in [3.05, 3.63) is 40.1 Å². The Balaban J connectivity index is 2.40. The fourth-order valence-corrected chi connectivity index (χ4v) is 1.89. The third-order valence-electron chi connectivity index (χ3n) is 2.56. The summed E-state index contributed by atoms with van der Waals surface area (Å²) in [5.74, 6) is 0.651. The Morgan fingerprint density at radius 1 is 1.41 bits per heavy atom. The van der Waals surface area contributed by atoms with Crippen molar-refractivity contribution >= 4 is 23.2 Å². The minimum absolute atomic E-state index is 0.144. The van der Waals surface area contributed by atoms with Crippen molar-refractivity contribution in [2.45, 2.75) is 19.4 Å². The third-order valence-corrected chi connectivity index (χ3v) is 3.38. The van der Waals surface area contributed by atoms with Gasteiger partial charge in [-0.2, -0.15) is 0 Å². The van der Waals surface area contributed by atoms with Crippen LogP contribution in [0.5, 0.6) is 0 Å². The molecule has 1 unspecified atom stereocenters. The van der Waals surface area contributed by atoms with Gasteiger partial charge in [-0.25, -0.2) is 0 Å². The monoisotopic (exact) mass is 270 g/mol. The Morgan fingerprint density at radius 2 is 2.18 bits per heavy atom. The first-order chi connectivity index (χ1) is 8.13. The number of aromatic nitrogens is 1. The number of nitrogens with zero attached hydrogens (tertiary/aromatic N) is 1. The second-order valence-electron chi connectivity index (χ2n) is 3.73. The first kappa shape index (κ1) is 12.4. The predicted molar refractivity (Wildman–Crippen MR) is 69.2 cm³/mol. The minimum Gasteiger partial charge on any atom is -0.359 e. The summed E-state index contributed by atoms with van der Waals surface area (Å²) < 4.78 is 5.19. The molecule has 0 bridgehead atoms. The van der Waals surface area contributed by atoms with Gasteiger partial charge in [-0.15, -0.1) is 0 Å². The van der Waals surface area contributed by atoms with Gasteiger partial charge >= 0.3 is 0 Å². The first-order valence-electron chi connectivity index (χ1n) is 5.30. The number of hydrogen-bond donors (Lipinski definition) is 1. The van der Waals surface area contributed by atoms with E-state index in [1.54, 1.807) is 12.1 Å². The molecule has 1 atom stereocenters. The van der Waals surface area contributed by atoms with Crippen LogP contribution in [0.2, 0.25) is 10.0 Å². The van der Waals surface area contributed by atoms with Gasteiger partial charge in [0, 0.05) is 11.6 Å². The molecule has 0 spiro atoms. The van der Waals surface area contributed by atoms with Gasteiger partial charge in [-0.05, 0) is 12.5 Å². The minimum atomic E-state index is -0.144. The van der Waals surface area contributed by atoms with E-state index in [2.05, 4.69) is 5.16 Å². The van der Waals surface area contributed by atoms with E-state index >= 15 is 0 Å². The molecule has 1 aromatic heterocycles. The highest BCUT2D eigenvalue weighted by Crippen LogP contribution is 2.33. The number of hydrogen-bond acceptors (Lipinski definition) is 3. The molecular weight excluding hydrogens is 259 g/mol. The Labute approximate surface area is 109 Å². The average molecular weight is 271 g/mol. The van der Waals surface area contributed by atoms with Gasteiger partial charge in [0.25, 0.3) is 0 Å². The average Bonchev–Trinajstić information content (AvgIpc) is 2.81. The van der Waals surface area contributed by atoms with Crippen LogP contribution in [0.25, 0.3) is 11.3 Å². The molecule has 0 amide bonds. The summed E-state index contributed by atoms with van der Waals surface area (Å²) in [5.41, 5.74) is 7.26. The number of benzene rings is 1. The molecule has 0 aliphatic carbocycles. The van der Waals surface area contributed by atoms with Gasteiger partial charge in [-0.3, -0.25) is 0 Å². The van der Waals surface area contributed by atoms with E-state index in [4.69, 9.17) is 33.5 Å². The van der Waals surface area contributed by atoms with Crippen molar-refractivity contribution in [1.29, 1.82) is 0 Å². The molecule has 0 aliphatic heterocycles. The quantitative estimate of drug-likeness (QED) is 0.915. The zero-order chi connectivity index (χ0) is 12.4. The van der Waals surface area contributed by atoms with Gasteiger partial charge in [0.1, 0.15) is 5.69 Å². The smallest absolute Gasteiger partial charge is 0.154 e. The summed E-state index contributed by atoms with van der Waals surface area (Å²) in [5, 5.41) is 4.92. The highest BCUT2D eigenvalue weighted by molar-refractivity contribution is 6.43. The molecule has 0 fully saturated rings. The molecule has 0 aliphatic rings. The standard InChI is InChI=1S/C12H12Cl2N2O/c1-2-9(15)11-6-10(16-17-11)7-4-3-5-8(13)12(7)14/h3-6,9H,2,15H2,1H3. The van der Waals surface area contributed by atoms with Crippen LogP contribution in [-0.4, -0.2) is 5.16 Å². The first-order valence-corrected chi connectivity index (χ1v) is 6.05. The van der Waals surface area contributed by atoms with Crippen molar-refractivity contribution in [2.75, 3.05) is 0 Å². The van der Waals surface area contributed by atoms with E-state index in [9.17, 15) is 0 Å². The van der Waals surface area contributed by atoms with Crippen molar-refractivity contribution in [3.8, 4) is 11.3 Å². The highest BCUT2D eigenvalue weighted by atomic mass is 35.5. The second kappa shape index (κ2) is 5.08. The Bertz CT molecular complexity index is 525. The summed E-state index contributed by atoms with van der Waals surface area (Å²) in [6.45, 7) is 1.99. The van der Waals surface area contributed by atoms with Crippen molar-refractivity contribution in [3.63, 3.8) is 0 Å². The third kappa shape index (κ3) is 2.46. The lowest BCUT2D eigenvalue weighted by Gasteiger charge is -2.01. The molecule has 0 saturated carbocycles. The molecule has 0 radical (unpaired) electrons. The van der Waals surface area contributed by atoms with Crippen LogP contribution < -0.4 is 5.73 Å². The Morgan fingerprint density at radius 3 is 2.88 bits per heavy atom. The van der Waals surface area contributed by atoms with Crippen molar-refractivity contribution in [2.24, 2.45) is 5.73 Å². The summed E-state index contributed by atoms with van der Waals surface area (Å²) in [6, 6.07) is 7.04. The Kier molecular flexibility index (Phi) is 3.72. The van der Waals surface area contributed by atoms with Crippen molar-refractivity contribution < 1.29 is 4.52 Å². The fraction of sp³-hybridized carbons (Fsp3) is 0.250. The molecular formula is C12H12Cl2N2O. The molecule has 90 valence electrons. The number of rotatable bonds is 3. The molecule has 2 N–H and O–H groups in total. The van der Waals surface area contributed by atoms with Crippen molar-refractivity contribution in [1.82, 2.24) is 5.16 Å². The van der Waals surface area contributed by atoms with E-state index in [0.29, 0.717) is 21.5 Å². The van der Waals surface area contributed by atoms with Gasteiger partial charge < -0.3 is 10.3 Å². The van der Waals surface area contributed by atoms with E-state index in [0.717, 1.165) is 12.0 Å².